The average Bonchev–Trinajstić information content (AvgIpc) is 2.58. The van der Waals surface area contributed by atoms with Crippen LogP contribution in [-0.4, -0.2) is 57.1 Å². The number of nitrogens with two attached hydrogens (primary N) is 1. The Morgan fingerprint density at radius 3 is 2.60 bits per heavy atom. The van der Waals surface area contributed by atoms with Gasteiger partial charge in [-0.3, -0.25) is 9.59 Å². The minimum atomic E-state index is -3.60. The van der Waals surface area contributed by atoms with Gasteiger partial charge in [0, 0.05) is 19.3 Å². The molecule has 9 heteroatoms. The second-order valence-electron chi connectivity index (χ2n) is 5.93. The maximum atomic E-state index is 12.2. The van der Waals surface area contributed by atoms with Gasteiger partial charge in [0.25, 0.3) is 5.91 Å². The second kappa shape index (κ2) is 7.64. The Morgan fingerprint density at radius 1 is 1.28 bits per heavy atom. The van der Waals surface area contributed by atoms with Crippen LogP contribution in [0.3, 0.4) is 0 Å². The summed E-state index contributed by atoms with van der Waals surface area (Å²) < 4.78 is 28.4. The minimum Gasteiger partial charge on any atom is -0.452 e. The van der Waals surface area contributed by atoms with E-state index >= 15 is 0 Å². The van der Waals surface area contributed by atoms with E-state index in [0.29, 0.717) is 19.4 Å². The number of amides is 2. The number of rotatable bonds is 5. The summed E-state index contributed by atoms with van der Waals surface area (Å²) in [4.78, 5) is 36.8. The maximum absolute atomic E-state index is 12.2. The number of primary amides is 1. The molecule has 0 unspecified atom stereocenters. The van der Waals surface area contributed by atoms with Crippen LogP contribution in [0.5, 0.6) is 0 Å². The molecule has 25 heavy (non-hydrogen) atoms. The Morgan fingerprint density at radius 2 is 1.96 bits per heavy atom. The van der Waals surface area contributed by atoms with E-state index in [1.54, 1.807) is 0 Å². The molecule has 1 aromatic carbocycles. The monoisotopic (exact) mass is 368 g/mol. The minimum absolute atomic E-state index is 0.119. The number of carbonyl (C=O) groups excluding carboxylic acids is 3. The van der Waals surface area contributed by atoms with Crippen LogP contribution < -0.4 is 5.73 Å². The fraction of sp³-hybridized carbons (Fsp3) is 0.438. The predicted octanol–water partition coefficient (Wildman–Crippen LogP) is -0.0292. The first kappa shape index (κ1) is 18.9. The summed E-state index contributed by atoms with van der Waals surface area (Å²) in [5.41, 5.74) is 5.15. The van der Waals surface area contributed by atoms with E-state index in [2.05, 4.69) is 0 Å². The predicted molar refractivity (Wildman–Crippen MR) is 88.3 cm³/mol. The zero-order chi connectivity index (χ0) is 18.6. The molecule has 0 radical (unpaired) electrons. The maximum Gasteiger partial charge on any atom is 0.339 e. The summed E-state index contributed by atoms with van der Waals surface area (Å²) in [5.74, 6) is -2.20. The van der Waals surface area contributed by atoms with Gasteiger partial charge in [0.2, 0.25) is 5.91 Å². The Bertz CT molecular complexity index is 790. The third kappa shape index (κ3) is 4.79. The molecule has 0 aromatic heterocycles. The highest BCUT2D eigenvalue weighted by atomic mass is 32.2. The van der Waals surface area contributed by atoms with Crippen molar-refractivity contribution >= 4 is 27.6 Å². The summed E-state index contributed by atoms with van der Waals surface area (Å²) in [6, 6.07) is 5.63. The largest absolute Gasteiger partial charge is 0.452 e. The average molecular weight is 368 g/mol. The lowest BCUT2D eigenvalue weighted by molar-refractivity contribution is -0.137. The molecule has 1 aromatic rings. The van der Waals surface area contributed by atoms with E-state index in [9.17, 15) is 22.8 Å². The smallest absolute Gasteiger partial charge is 0.339 e. The van der Waals surface area contributed by atoms with Gasteiger partial charge in [0.15, 0.2) is 16.4 Å². The fourth-order valence-electron chi connectivity index (χ4n) is 2.69. The van der Waals surface area contributed by atoms with Gasteiger partial charge < -0.3 is 15.4 Å². The van der Waals surface area contributed by atoms with Crippen LogP contribution in [-0.2, 0) is 24.2 Å². The Balaban J connectivity index is 2.01. The number of nitrogens with zero attached hydrogens (tertiary/aromatic N) is 1. The van der Waals surface area contributed by atoms with Gasteiger partial charge in [-0.2, -0.15) is 0 Å². The molecule has 2 amide bonds. The number of sulfone groups is 1. The molecule has 1 atom stereocenters. The van der Waals surface area contributed by atoms with E-state index in [4.69, 9.17) is 10.5 Å². The Hall–Kier alpha value is -2.42. The van der Waals surface area contributed by atoms with Crippen molar-refractivity contribution in [3.8, 4) is 0 Å². The van der Waals surface area contributed by atoms with Gasteiger partial charge in [0.05, 0.1) is 16.4 Å². The number of hydrogen-bond donors (Lipinski definition) is 1. The number of ether oxygens (including phenoxy) is 1. The van der Waals surface area contributed by atoms with Crippen molar-refractivity contribution in [3.63, 3.8) is 0 Å². The molecule has 1 aliphatic heterocycles. The van der Waals surface area contributed by atoms with Crippen LogP contribution in [0, 0.1) is 5.92 Å². The summed E-state index contributed by atoms with van der Waals surface area (Å²) >= 11 is 0. The summed E-state index contributed by atoms with van der Waals surface area (Å²) in [7, 11) is -3.60. The van der Waals surface area contributed by atoms with Gasteiger partial charge in [-0.15, -0.1) is 0 Å². The van der Waals surface area contributed by atoms with Gasteiger partial charge in [-0.25, -0.2) is 13.2 Å². The normalized spacial score (nSPS) is 17.8. The van der Waals surface area contributed by atoms with Crippen molar-refractivity contribution < 1.29 is 27.5 Å². The molecular formula is C16H20N2O6S. The first-order valence-electron chi connectivity index (χ1n) is 7.73. The molecular weight excluding hydrogens is 348 g/mol. The number of hydrogen-bond acceptors (Lipinski definition) is 6. The number of carbonyl (C=O) groups is 3. The highest BCUT2D eigenvalue weighted by molar-refractivity contribution is 7.90. The van der Waals surface area contributed by atoms with Crippen molar-refractivity contribution in [2.45, 2.75) is 17.7 Å². The van der Waals surface area contributed by atoms with Crippen LogP contribution in [0.15, 0.2) is 29.2 Å². The lowest BCUT2D eigenvalue weighted by Gasteiger charge is -2.31. The molecule has 1 aliphatic rings. The van der Waals surface area contributed by atoms with E-state index in [-0.39, 0.29) is 17.0 Å². The van der Waals surface area contributed by atoms with E-state index in [1.165, 1.54) is 29.2 Å². The standard InChI is InChI=1S/C16H20N2O6S/c1-25(22,23)13-7-3-2-6-12(13)16(21)24-10-14(19)18-8-4-5-11(9-18)15(17)20/h2-3,6-7,11H,4-5,8-10H2,1H3,(H2,17,20)/t11-/m1/s1. The van der Waals surface area contributed by atoms with Crippen molar-refractivity contribution in [1.82, 2.24) is 4.90 Å². The summed E-state index contributed by atoms with van der Waals surface area (Å²) in [6.45, 7) is 0.133. The van der Waals surface area contributed by atoms with Crippen LogP contribution in [0.2, 0.25) is 0 Å². The molecule has 0 spiro atoms. The number of benzene rings is 1. The first-order valence-corrected chi connectivity index (χ1v) is 9.62. The van der Waals surface area contributed by atoms with Crippen molar-refractivity contribution in [2.75, 3.05) is 26.0 Å². The van der Waals surface area contributed by atoms with Crippen LogP contribution in [0.1, 0.15) is 23.2 Å². The van der Waals surface area contributed by atoms with Gasteiger partial charge >= 0.3 is 5.97 Å². The van der Waals surface area contributed by atoms with Crippen molar-refractivity contribution in [2.24, 2.45) is 11.7 Å². The summed E-state index contributed by atoms with van der Waals surface area (Å²) in [5, 5.41) is 0. The van der Waals surface area contributed by atoms with E-state index in [0.717, 1.165) is 6.26 Å². The topological polar surface area (TPSA) is 124 Å². The van der Waals surface area contributed by atoms with Gasteiger partial charge in [0.1, 0.15) is 0 Å². The second-order valence-corrected chi connectivity index (χ2v) is 7.91. The molecule has 1 fully saturated rings. The Kier molecular flexibility index (Phi) is 5.78. The molecule has 1 heterocycles. The number of piperidine rings is 1. The van der Waals surface area contributed by atoms with Crippen LogP contribution in [0.4, 0.5) is 0 Å². The third-order valence-electron chi connectivity index (χ3n) is 4.01. The fourth-order valence-corrected chi connectivity index (χ4v) is 3.57. The number of likely N-dealkylation sites (tertiary alicyclic amines) is 1. The van der Waals surface area contributed by atoms with Crippen molar-refractivity contribution in [3.05, 3.63) is 29.8 Å². The lowest BCUT2D eigenvalue weighted by atomic mass is 9.97. The highest BCUT2D eigenvalue weighted by Gasteiger charge is 2.28. The molecule has 0 aliphatic carbocycles. The molecule has 0 bridgehead atoms. The molecule has 136 valence electrons. The summed E-state index contributed by atoms with van der Waals surface area (Å²) in [6.07, 6.45) is 2.26. The molecule has 0 saturated carbocycles. The zero-order valence-electron chi connectivity index (χ0n) is 13.8. The lowest BCUT2D eigenvalue weighted by Crippen LogP contribution is -2.45. The zero-order valence-corrected chi connectivity index (χ0v) is 14.6. The highest BCUT2D eigenvalue weighted by Crippen LogP contribution is 2.18. The van der Waals surface area contributed by atoms with Gasteiger partial charge in [-0.05, 0) is 25.0 Å². The number of esters is 1. The quantitative estimate of drug-likeness (QED) is 0.728. The molecule has 1 saturated heterocycles. The first-order chi connectivity index (χ1) is 11.7. The molecule has 2 rings (SSSR count). The SMILES string of the molecule is CS(=O)(=O)c1ccccc1C(=O)OCC(=O)N1CCC[C@@H](C(N)=O)C1. The molecule has 8 nitrogen and oxygen atoms in total. The van der Waals surface area contributed by atoms with Gasteiger partial charge in [-0.1, -0.05) is 12.1 Å². The molecule has 2 N–H and O–H groups in total. The third-order valence-corrected chi connectivity index (χ3v) is 5.16. The van der Waals surface area contributed by atoms with E-state index in [1.807, 2.05) is 0 Å². The van der Waals surface area contributed by atoms with Crippen LogP contribution in [0.25, 0.3) is 0 Å². The van der Waals surface area contributed by atoms with Crippen LogP contribution >= 0.6 is 0 Å². The van der Waals surface area contributed by atoms with Crippen molar-refractivity contribution in [1.29, 1.82) is 0 Å². The Labute approximate surface area is 145 Å². The van der Waals surface area contributed by atoms with E-state index < -0.39 is 40.1 Å².